The minimum absolute atomic E-state index is 0.0204. The van der Waals surface area contributed by atoms with Gasteiger partial charge in [0.15, 0.2) is 9.84 Å². The molecule has 110 valence electrons. The number of aliphatic carboxylic acids is 1. The Morgan fingerprint density at radius 2 is 2.00 bits per heavy atom. The summed E-state index contributed by atoms with van der Waals surface area (Å²) in [5.74, 6) is -2.98. The molecule has 0 bridgehead atoms. The third-order valence-electron chi connectivity index (χ3n) is 1.89. The molecule has 0 spiro atoms. The first-order valence-corrected chi connectivity index (χ1v) is 7.07. The van der Waals surface area contributed by atoms with Crippen LogP contribution in [0.2, 0.25) is 0 Å². The number of esters is 1. The number of rotatable bonds is 8. The number of hydrogen-bond donors (Lipinski definition) is 3. The molecule has 0 rings (SSSR count). The highest BCUT2D eigenvalue weighted by Crippen LogP contribution is 1.94. The molecule has 0 saturated heterocycles. The lowest BCUT2D eigenvalue weighted by Crippen LogP contribution is -2.38. The van der Waals surface area contributed by atoms with E-state index in [1.807, 2.05) is 0 Å². The molecule has 0 fully saturated rings. The van der Waals surface area contributed by atoms with Gasteiger partial charge in [0.25, 0.3) is 0 Å². The summed E-state index contributed by atoms with van der Waals surface area (Å²) in [4.78, 5) is 24.6. The molecule has 0 aliphatic rings. The molecular formula is C9H17N3O6S. The number of ether oxygens (including phenoxy) is 1. The third kappa shape index (κ3) is 8.97. The van der Waals surface area contributed by atoms with Gasteiger partial charge in [-0.1, -0.05) is 0 Å². The van der Waals surface area contributed by atoms with Gasteiger partial charge in [0.1, 0.15) is 18.5 Å². The molecule has 0 saturated carbocycles. The summed E-state index contributed by atoms with van der Waals surface area (Å²) in [6.07, 6.45) is 0. The van der Waals surface area contributed by atoms with Crippen LogP contribution in [0.5, 0.6) is 0 Å². The number of carbonyl (C=O) groups excluding carboxylic acids is 1. The van der Waals surface area contributed by atoms with Gasteiger partial charge in [-0.25, -0.2) is 8.42 Å². The molecule has 1 unspecified atom stereocenters. The molecule has 19 heavy (non-hydrogen) atoms. The highest BCUT2D eigenvalue weighted by Gasteiger charge is 2.21. The van der Waals surface area contributed by atoms with Crippen molar-refractivity contribution in [2.75, 3.05) is 24.7 Å². The maximum atomic E-state index is 11.5. The molecule has 9 nitrogen and oxygen atoms in total. The number of amidine groups is 1. The maximum Gasteiger partial charge on any atom is 0.321 e. The molecule has 10 heteroatoms. The number of nitrogens with zero attached hydrogens (tertiary/aromatic N) is 1. The Bertz CT molecular complexity index is 459. The summed E-state index contributed by atoms with van der Waals surface area (Å²) in [7, 11) is -3.63. The van der Waals surface area contributed by atoms with Crippen molar-refractivity contribution in [3.8, 4) is 0 Å². The fourth-order valence-corrected chi connectivity index (χ4v) is 2.20. The second kappa shape index (κ2) is 7.69. The monoisotopic (exact) mass is 295 g/mol. The van der Waals surface area contributed by atoms with Gasteiger partial charge in [0.2, 0.25) is 0 Å². The summed E-state index contributed by atoms with van der Waals surface area (Å²) in [6, 6.07) is -1.47. The number of carboxylic acids is 1. The van der Waals surface area contributed by atoms with Gasteiger partial charge in [-0.3, -0.25) is 14.6 Å². The summed E-state index contributed by atoms with van der Waals surface area (Å²) in [5.41, 5.74) is 10.5. The van der Waals surface area contributed by atoms with E-state index in [0.29, 0.717) is 0 Å². The first-order valence-electron chi connectivity index (χ1n) is 5.25. The Labute approximate surface area is 110 Å². The molecule has 0 aliphatic heterocycles. The minimum atomic E-state index is -3.63. The predicted octanol–water partition coefficient (Wildman–Crippen LogP) is -2.27. The number of hydrogen-bond acceptors (Lipinski definition) is 7. The highest BCUT2D eigenvalue weighted by molar-refractivity contribution is 7.91. The third-order valence-corrected chi connectivity index (χ3v) is 3.56. The molecule has 0 heterocycles. The fourth-order valence-electron chi connectivity index (χ4n) is 0.978. The second-order valence-electron chi connectivity index (χ2n) is 3.71. The number of nitrogens with two attached hydrogens (primary N) is 2. The standard InChI is InChI=1S/C9H17N3O6S/c1-6(13)18-4-8(11)12-2-3-19(16,17)5-7(10)9(14)15/h7H,2-5,10H2,1H3,(H2,11,12)(H,14,15). The largest absolute Gasteiger partial charge is 0.480 e. The Hall–Kier alpha value is -1.68. The lowest BCUT2D eigenvalue weighted by Gasteiger charge is -2.07. The van der Waals surface area contributed by atoms with Gasteiger partial charge in [0, 0.05) is 6.92 Å². The van der Waals surface area contributed by atoms with Crippen LogP contribution >= 0.6 is 0 Å². The van der Waals surface area contributed by atoms with E-state index in [1.165, 1.54) is 6.92 Å². The molecule has 5 N–H and O–H groups in total. The van der Waals surface area contributed by atoms with Crippen LogP contribution < -0.4 is 11.5 Å². The van der Waals surface area contributed by atoms with Gasteiger partial charge in [-0.2, -0.15) is 0 Å². The lowest BCUT2D eigenvalue weighted by molar-refractivity contribution is -0.139. The van der Waals surface area contributed by atoms with Crippen LogP contribution in [0.1, 0.15) is 6.92 Å². The van der Waals surface area contributed by atoms with Crippen LogP contribution in [-0.4, -0.2) is 62.0 Å². The smallest absolute Gasteiger partial charge is 0.321 e. The lowest BCUT2D eigenvalue weighted by atomic mass is 10.4. The van der Waals surface area contributed by atoms with Crippen LogP contribution in [0.15, 0.2) is 4.99 Å². The van der Waals surface area contributed by atoms with Crippen LogP contribution in [-0.2, 0) is 24.2 Å². The zero-order valence-corrected chi connectivity index (χ0v) is 11.2. The van der Waals surface area contributed by atoms with Crippen molar-refractivity contribution >= 4 is 27.6 Å². The Morgan fingerprint density at radius 1 is 1.42 bits per heavy atom. The van der Waals surface area contributed by atoms with Crippen molar-refractivity contribution in [1.29, 1.82) is 0 Å². The van der Waals surface area contributed by atoms with Gasteiger partial charge in [0.05, 0.1) is 18.1 Å². The van der Waals surface area contributed by atoms with E-state index in [1.54, 1.807) is 0 Å². The van der Waals surface area contributed by atoms with E-state index in [9.17, 15) is 18.0 Å². The zero-order valence-electron chi connectivity index (χ0n) is 10.4. The molecule has 0 aromatic heterocycles. The summed E-state index contributed by atoms with van der Waals surface area (Å²) < 4.78 is 27.4. The predicted molar refractivity (Wildman–Crippen MR) is 67.4 cm³/mol. The van der Waals surface area contributed by atoms with Crippen LogP contribution in [0.25, 0.3) is 0 Å². The van der Waals surface area contributed by atoms with Crippen molar-refractivity contribution in [2.45, 2.75) is 13.0 Å². The second-order valence-corrected chi connectivity index (χ2v) is 5.94. The van der Waals surface area contributed by atoms with E-state index in [2.05, 4.69) is 9.73 Å². The van der Waals surface area contributed by atoms with Crippen molar-refractivity contribution in [1.82, 2.24) is 0 Å². The minimum Gasteiger partial charge on any atom is -0.480 e. The van der Waals surface area contributed by atoms with E-state index in [4.69, 9.17) is 16.6 Å². The molecule has 0 aromatic rings. The van der Waals surface area contributed by atoms with Crippen LogP contribution in [0.3, 0.4) is 0 Å². The van der Waals surface area contributed by atoms with Crippen molar-refractivity contribution in [2.24, 2.45) is 16.5 Å². The molecule has 1 atom stereocenters. The Balaban J connectivity index is 4.21. The number of carbonyl (C=O) groups is 2. The van der Waals surface area contributed by atoms with E-state index < -0.39 is 33.6 Å². The van der Waals surface area contributed by atoms with Crippen molar-refractivity contribution in [3.63, 3.8) is 0 Å². The van der Waals surface area contributed by atoms with Crippen LogP contribution in [0.4, 0.5) is 0 Å². The Morgan fingerprint density at radius 3 is 2.47 bits per heavy atom. The molecule has 0 aromatic carbocycles. The average Bonchev–Trinajstić information content (AvgIpc) is 2.25. The van der Waals surface area contributed by atoms with Crippen molar-refractivity contribution in [3.05, 3.63) is 0 Å². The molecule has 0 aliphatic carbocycles. The quantitative estimate of drug-likeness (QED) is 0.256. The summed E-state index contributed by atoms with van der Waals surface area (Å²) in [5, 5.41) is 8.50. The molecular weight excluding hydrogens is 278 g/mol. The van der Waals surface area contributed by atoms with E-state index in [0.717, 1.165) is 0 Å². The first kappa shape index (κ1) is 17.3. The molecule has 0 amide bonds. The van der Waals surface area contributed by atoms with Gasteiger partial charge in [-0.05, 0) is 0 Å². The van der Waals surface area contributed by atoms with Gasteiger partial charge in [-0.15, -0.1) is 0 Å². The SMILES string of the molecule is CC(=O)OCC(N)=NCCS(=O)(=O)CC(N)C(=O)O. The first-order chi connectivity index (χ1) is 8.64. The number of aliphatic imine (C=N–C) groups is 1. The van der Waals surface area contributed by atoms with E-state index >= 15 is 0 Å². The summed E-state index contributed by atoms with van der Waals surface area (Å²) in [6.45, 7) is 0.830. The number of sulfone groups is 1. The normalized spacial score (nSPS) is 13.9. The van der Waals surface area contributed by atoms with Crippen molar-refractivity contribution < 1.29 is 27.9 Å². The van der Waals surface area contributed by atoms with Gasteiger partial charge < -0.3 is 21.3 Å². The topological polar surface area (TPSA) is 162 Å². The van der Waals surface area contributed by atoms with Gasteiger partial charge >= 0.3 is 11.9 Å². The average molecular weight is 295 g/mol. The van der Waals surface area contributed by atoms with E-state index in [-0.39, 0.29) is 24.7 Å². The highest BCUT2D eigenvalue weighted by atomic mass is 32.2. The van der Waals surface area contributed by atoms with Crippen LogP contribution in [0, 0.1) is 0 Å². The molecule has 0 radical (unpaired) electrons. The maximum absolute atomic E-state index is 11.5. The zero-order chi connectivity index (χ0) is 15.1. The summed E-state index contributed by atoms with van der Waals surface area (Å²) >= 11 is 0. The fraction of sp³-hybridized carbons (Fsp3) is 0.667. The Kier molecular flexibility index (Phi) is 7.01. The number of carboxylic acid groups (broad SMARTS) is 1.